The molecule has 0 aliphatic heterocycles. The summed E-state index contributed by atoms with van der Waals surface area (Å²) in [6.07, 6.45) is 8.20. The summed E-state index contributed by atoms with van der Waals surface area (Å²) in [4.78, 5) is 12.5. The third-order valence-corrected chi connectivity index (χ3v) is 3.36. The zero-order valence-electron chi connectivity index (χ0n) is 9.99. The van der Waals surface area contributed by atoms with E-state index >= 15 is 0 Å². The number of thioether (sulfide) groups is 1. The summed E-state index contributed by atoms with van der Waals surface area (Å²) in [6, 6.07) is 7.30. The zero-order valence-corrected chi connectivity index (χ0v) is 11.6. The van der Waals surface area contributed by atoms with Crippen molar-refractivity contribution in [3.05, 3.63) is 41.4 Å². The Kier molecular flexibility index (Phi) is 7.06. The molecule has 3 heteroatoms. The van der Waals surface area contributed by atoms with Gasteiger partial charge in [0.2, 0.25) is 5.12 Å². The maximum atomic E-state index is 11.6. The van der Waals surface area contributed by atoms with Crippen LogP contribution in [0.4, 0.5) is 0 Å². The minimum Gasteiger partial charge on any atom is -0.282 e. The highest BCUT2D eigenvalue weighted by Crippen LogP contribution is 2.21. The average Bonchev–Trinajstić information content (AvgIpc) is 2.32. The van der Waals surface area contributed by atoms with Gasteiger partial charge in [-0.1, -0.05) is 37.4 Å². The number of benzene rings is 1. The molecule has 0 aliphatic rings. The summed E-state index contributed by atoms with van der Waals surface area (Å²) in [5, 5.41) is 0.765. The maximum absolute atomic E-state index is 11.6. The number of hydrogen-bond donors (Lipinski definition) is 0. The molecule has 1 aromatic carbocycles. The van der Waals surface area contributed by atoms with Gasteiger partial charge in [-0.05, 0) is 54.9 Å². The molecule has 0 fully saturated rings. The van der Waals surface area contributed by atoms with Crippen LogP contribution >= 0.6 is 23.4 Å². The second-order valence-corrected chi connectivity index (χ2v) is 5.29. The largest absolute Gasteiger partial charge is 0.282 e. The molecule has 0 radical (unpaired) electrons. The van der Waals surface area contributed by atoms with Gasteiger partial charge in [-0.2, -0.15) is 0 Å². The first-order valence-corrected chi connectivity index (χ1v) is 7.05. The molecule has 17 heavy (non-hydrogen) atoms. The van der Waals surface area contributed by atoms with Crippen molar-refractivity contribution in [1.82, 2.24) is 0 Å². The normalized spacial score (nSPS) is 10.9. The van der Waals surface area contributed by atoms with Crippen molar-refractivity contribution in [1.29, 1.82) is 0 Å². The Bertz CT molecular complexity index is 370. The van der Waals surface area contributed by atoms with E-state index in [9.17, 15) is 4.79 Å². The van der Waals surface area contributed by atoms with Crippen LogP contribution < -0.4 is 0 Å². The molecule has 0 heterocycles. The van der Waals surface area contributed by atoms with Gasteiger partial charge in [0.15, 0.2) is 0 Å². The molecule has 0 atom stereocenters. The molecule has 92 valence electrons. The first-order chi connectivity index (χ1) is 8.22. The molecule has 1 aromatic rings. The van der Waals surface area contributed by atoms with Crippen LogP contribution in [0, 0.1) is 0 Å². The molecule has 1 nitrogen and oxygen atoms in total. The lowest BCUT2D eigenvalue weighted by atomic mass is 10.2. The molecular formula is C14H17ClOS. The molecule has 0 bridgehead atoms. The summed E-state index contributed by atoms with van der Waals surface area (Å²) in [5.74, 6) is 0. The molecule has 0 N–H and O–H groups in total. The van der Waals surface area contributed by atoms with Gasteiger partial charge >= 0.3 is 0 Å². The van der Waals surface area contributed by atoms with E-state index in [1.54, 1.807) is 18.2 Å². The van der Waals surface area contributed by atoms with E-state index in [1.165, 1.54) is 24.6 Å². The van der Waals surface area contributed by atoms with E-state index < -0.39 is 0 Å². The molecule has 0 unspecified atom stereocenters. The Morgan fingerprint density at radius 1 is 1.29 bits per heavy atom. The lowest BCUT2D eigenvalue weighted by molar-refractivity contribution is -0.107. The summed E-state index contributed by atoms with van der Waals surface area (Å²) in [7, 11) is 0. The minimum atomic E-state index is 0.0730. The van der Waals surface area contributed by atoms with Gasteiger partial charge in [0.1, 0.15) is 0 Å². The van der Waals surface area contributed by atoms with Crippen molar-refractivity contribution in [2.24, 2.45) is 0 Å². The Balaban J connectivity index is 2.31. The van der Waals surface area contributed by atoms with Gasteiger partial charge < -0.3 is 0 Å². The van der Waals surface area contributed by atoms with Gasteiger partial charge in [0.25, 0.3) is 0 Å². The number of rotatable bonds is 6. The van der Waals surface area contributed by atoms with Gasteiger partial charge in [0.05, 0.1) is 0 Å². The SMILES string of the molecule is CCCCC/C=C/C(=O)Sc1ccc(Cl)cc1. The molecule has 0 spiro atoms. The van der Waals surface area contributed by atoms with E-state index in [2.05, 4.69) is 6.92 Å². The third-order valence-electron chi connectivity index (χ3n) is 2.26. The van der Waals surface area contributed by atoms with E-state index in [0.717, 1.165) is 17.7 Å². The molecule has 0 saturated heterocycles. The predicted molar refractivity (Wildman–Crippen MR) is 75.6 cm³/mol. The second-order valence-electron chi connectivity index (χ2n) is 3.77. The second kappa shape index (κ2) is 8.37. The number of carbonyl (C=O) groups excluding carboxylic acids is 1. The van der Waals surface area contributed by atoms with Crippen molar-refractivity contribution >= 4 is 28.5 Å². The zero-order chi connectivity index (χ0) is 12.5. The van der Waals surface area contributed by atoms with Crippen LogP contribution in [0.25, 0.3) is 0 Å². The molecule has 0 amide bonds. The number of carbonyl (C=O) groups is 1. The fourth-order valence-electron chi connectivity index (χ4n) is 1.34. The van der Waals surface area contributed by atoms with Gasteiger partial charge in [-0.15, -0.1) is 0 Å². The molecule has 1 rings (SSSR count). The standard InChI is InChI=1S/C14H17ClOS/c1-2-3-4-5-6-7-14(16)17-13-10-8-12(15)9-11-13/h6-11H,2-5H2,1H3/b7-6+. The highest BCUT2D eigenvalue weighted by atomic mass is 35.5. The number of unbranched alkanes of at least 4 members (excludes halogenated alkanes) is 3. The van der Waals surface area contributed by atoms with Crippen molar-refractivity contribution < 1.29 is 4.79 Å². The van der Waals surface area contributed by atoms with Crippen LogP contribution in [0.2, 0.25) is 5.02 Å². The van der Waals surface area contributed by atoms with Gasteiger partial charge in [0, 0.05) is 9.92 Å². The summed E-state index contributed by atoms with van der Waals surface area (Å²) < 4.78 is 0. The van der Waals surface area contributed by atoms with Gasteiger partial charge in [-0.3, -0.25) is 4.79 Å². The van der Waals surface area contributed by atoms with Crippen LogP contribution in [0.1, 0.15) is 32.6 Å². The van der Waals surface area contributed by atoms with Crippen LogP contribution in [0.3, 0.4) is 0 Å². The predicted octanol–water partition coefficient (Wildman–Crippen LogP) is 5.10. The van der Waals surface area contributed by atoms with E-state index in [0.29, 0.717) is 5.02 Å². The molecule has 0 saturated carbocycles. The first-order valence-electron chi connectivity index (χ1n) is 5.86. The topological polar surface area (TPSA) is 17.1 Å². The summed E-state index contributed by atoms with van der Waals surface area (Å²) in [5.41, 5.74) is 0. The first kappa shape index (κ1) is 14.3. The average molecular weight is 269 g/mol. The lowest BCUT2D eigenvalue weighted by Gasteiger charge is -1.97. The van der Waals surface area contributed by atoms with Crippen LogP contribution in [0.15, 0.2) is 41.3 Å². The Morgan fingerprint density at radius 2 is 2.00 bits per heavy atom. The third kappa shape index (κ3) is 6.54. The van der Waals surface area contributed by atoms with Crippen LogP contribution in [0.5, 0.6) is 0 Å². The fourth-order valence-corrected chi connectivity index (χ4v) is 2.14. The number of hydrogen-bond acceptors (Lipinski definition) is 2. The van der Waals surface area contributed by atoms with E-state index in [-0.39, 0.29) is 5.12 Å². The molecule has 0 aliphatic carbocycles. The van der Waals surface area contributed by atoms with Crippen molar-refractivity contribution in [3.63, 3.8) is 0 Å². The van der Waals surface area contributed by atoms with E-state index in [4.69, 9.17) is 11.6 Å². The minimum absolute atomic E-state index is 0.0730. The smallest absolute Gasteiger partial charge is 0.216 e. The number of allylic oxidation sites excluding steroid dienone is 1. The van der Waals surface area contributed by atoms with Crippen molar-refractivity contribution in [3.8, 4) is 0 Å². The maximum Gasteiger partial charge on any atom is 0.216 e. The summed E-state index contributed by atoms with van der Waals surface area (Å²) in [6.45, 7) is 2.17. The fraction of sp³-hybridized carbons (Fsp3) is 0.357. The summed E-state index contributed by atoms with van der Waals surface area (Å²) >= 11 is 7.00. The van der Waals surface area contributed by atoms with Crippen molar-refractivity contribution in [2.75, 3.05) is 0 Å². The van der Waals surface area contributed by atoms with Gasteiger partial charge in [-0.25, -0.2) is 0 Å². The van der Waals surface area contributed by atoms with Crippen LogP contribution in [-0.4, -0.2) is 5.12 Å². The Hall–Kier alpha value is -0.730. The molecule has 0 aromatic heterocycles. The van der Waals surface area contributed by atoms with E-state index in [1.807, 2.05) is 18.2 Å². The quantitative estimate of drug-likeness (QED) is 0.406. The molecular weight excluding hydrogens is 252 g/mol. The Labute approximate surface area is 112 Å². The highest BCUT2D eigenvalue weighted by Gasteiger charge is 2.00. The monoisotopic (exact) mass is 268 g/mol. The van der Waals surface area contributed by atoms with Crippen molar-refractivity contribution in [2.45, 2.75) is 37.5 Å². The number of halogens is 1. The lowest BCUT2D eigenvalue weighted by Crippen LogP contribution is -1.84. The van der Waals surface area contributed by atoms with Crippen LogP contribution in [-0.2, 0) is 4.79 Å². The highest BCUT2D eigenvalue weighted by molar-refractivity contribution is 8.14. The Morgan fingerprint density at radius 3 is 2.65 bits per heavy atom.